The first kappa shape index (κ1) is 28.5. The third-order valence-electron chi connectivity index (χ3n) is 5.97. The molecule has 1 aromatic heterocycles. The van der Waals surface area contributed by atoms with Crippen molar-refractivity contribution in [3.63, 3.8) is 0 Å². The molecule has 0 saturated carbocycles. The van der Waals surface area contributed by atoms with Crippen molar-refractivity contribution in [3.8, 4) is 11.8 Å². The van der Waals surface area contributed by atoms with E-state index >= 15 is 0 Å². The number of amides is 1. The number of primary sulfonamides is 1. The smallest absolute Gasteiger partial charge is 0.251 e. The van der Waals surface area contributed by atoms with Gasteiger partial charge in [-0.3, -0.25) is 9.59 Å². The number of hydrogen-bond acceptors (Lipinski definition) is 7. The number of benzene rings is 3. The number of rotatable bonds is 10. The second kappa shape index (κ2) is 12.1. The summed E-state index contributed by atoms with van der Waals surface area (Å²) in [6.07, 6.45) is 0.471. The van der Waals surface area contributed by atoms with Gasteiger partial charge in [0.2, 0.25) is 15.8 Å². The predicted molar refractivity (Wildman–Crippen MR) is 151 cm³/mol. The second-order valence-corrected chi connectivity index (χ2v) is 10.9. The zero-order valence-electron chi connectivity index (χ0n) is 21.4. The fourth-order valence-corrected chi connectivity index (χ4v) is 4.49. The molecular weight excluding hydrogens is 552 g/mol. The lowest BCUT2D eigenvalue weighted by Gasteiger charge is -2.11. The lowest BCUT2D eigenvalue weighted by Crippen LogP contribution is -2.26. The van der Waals surface area contributed by atoms with Crippen molar-refractivity contribution in [1.29, 1.82) is 5.26 Å². The Hall–Kier alpha value is -4.50. The first-order valence-electron chi connectivity index (χ1n) is 12.1. The molecular formula is C28H25ClN6O4S. The summed E-state index contributed by atoms with van der Waals surface area (Å²) in [5.74, 6) is -0.422. The maximum absolute atomic E-state index is 13.3. The number of aromatic nitrogens is 2. The second-order valence-electron chi connectivity index (χ2n) is 8.87. The molecule has 0 unspecified atom stereocenters. The minimum absolute atomic E-state index is 0.0139. The molecule has 0 bridgehead atoms. The number of hydrogen-bond donors (Lipinski definition) is 3. The minimum atomic E-state index is -3.85. The van der Waals surface area contributed by atoms with Gasteiger partial charge < -0.3 is 10.6 Å². The number of halogens is 1. The molecule has 4 N–H and O–H groups in total. The monoisotopic (exact) mass is 576 g/mol. The van der Waals surface area contributed by atoms with Crippen LogP contribution in [-0.2, 0) is 10.0 Å². The number of anilines is 1. The summed E-state index contributed by atoms with van der Waals surface area (Å²) in [7, 11) is -3.85. The molecule has 4 rings (SSSR count). The number of nitrogens with one attached hydrogen (secondary N) is 2. The van der Waals surface area contributed by atoms with Gasteiger partial charge in [-0.15, -0.1) is 0 Å². The van der Waals surface area contributed by atoms with E-state index in [9.17, 15) is 23.3 Å². The van der Waals surface area contributed by atoms with Crippen LogP contribution >= 0.6 is 11.6 Å². The summed E-state index contributed by atoms with van der Waals surface area (Å²) in [6.45, 7) is 2.55. The summed E-state index contributed by atoms with van der Waals surface area (Å²) >= 11 is 6.04. The molecule has 0 spiro atoms. The number of sulfonamides is 1. The van der Waals surface area contributed by atoms with Gasteiger partial charge in [-0.2, -0.15) is 10.4 Å². The van der Waals surface area contributed by atoms with Crippen molar-refractivity contribution in [1.82, 2.24) is 15.1 Å². The number of aryl methyl sites for hydroxylation is 1. The molecule has 1 amide bonds. The largest absolute Gasteiger partial charge is 0.369 e. The molecule has 10 nitrogen and oxygen atoms in total. The van der Waals surface area contributed by atoms with E-state index in [1.165, 1.54) is 28.9 Å². The Kier molecular flexibility index (Phi) is 8.64. The van der Waals surface area contributed by atoms with E-state index in [4.69, 9.17) is 16.7 Å². The third-order valence-corrected chi connectivity index (χ3v) is 7.16. The number of carbonyl (C=O) groups is 2. The quantitative estimate of drug-likeness (QED) is 0.191. The van der Waals surface area contributed by atoms with E-state index in [0.29, 0.717) is 35.1 Å². The number of ketones is 1. The number of nitrogens with zero attached hydrogens (tertiary/aromatic N) is 3. The van der Waals surface area contributed by atoms with Gasteiger partial charge in [-0.25, -0.2) is 18.2 Å². The van der Waals surface area contributed by atoms with Crippen molar-refractivity contribution >= 4 is 39.1 Å². The van der Waals surface area contributed by atoms with E-state index in [0.717, 1.165) is 5.56 Å². The summed E-state index contributed by atoms with van der Waals surface area (Å²) in [6, 6.07) is 21.2. The van der Waals surface area contributed by atoms with Gasteiger partial charge in [0, 0.05) is 29.2 Å². The van der Waals surface area contributed by atoms with Crippen LogP contribution in [0.25, 0.3) is 5.69 Å². The first-order chi connectivity index (χ1) is 19.1. The van der Waals surface area contributed by atoms with Crippen molar-refractivity contribution in [2.75, 3.05) is 18.4 Å². The Labute approximate surface area is 236 Å². The zero-order chi connectivity index (χ0) is 28.9. The topological polar surface area (TPSA) is 160 Å². The summed E-state index contributed by atoms with van der Waals surface area (Å²) in [4.78, 5) is 25.6. The van der Waals surface area contributed by atoms with Gasteiger partial charge in [-0.1, -0.05) is 41.4 Å². The maximum atomic E-state index is 13.3. The Bertz CT molecular complexity index is 1690. The molecule has 4 aromatic rings. The molecule has 0 aliphatic heterocycles. The van der Waals surface area contributed by atoms with E-state index in [-0.39, 0.29) is 40.0 Å². The van der Waals surface area contributed by atoms with Gasteiger partial charge in [0.15, 0.2) is 5.69 Å². The SMILES string of the molecule is Cc1ccc(C(=O)c2nn(-c3ccc(Cl)cc3)c(NCCCNC(=O)c3ccc(S(N)(=O)=O)cc3)c2C#N)cc1. The van der Waals surface area contributed by atoms with Crippen molar-refractivity contribution < 1.29 is 18.0 Å². The molecule has 0 radical (unpaired) electrons. The Morgan fingerprint density at radius 2 is 1.60 bits per heavy atom. The number of nitrogens with two attached hydrogens (primary N) is 1. The average molecular weight is 577 g/mol. The lowest BCUT2D eigenvalue weighted by molar-refractivity contribution is 0.0952. The number of carbonyl (C=O) groups excluding carboxylic acids is 2. The molecule has 12 heteroatoms. The van der Waals surface area contributed by atoms with Crippen LogP contribution in [0.3, 0.4) is 0 Å². The van der Waals surface area contributed by atoms with Gasteiger partial charge in [0.05, 0.1) is 10.6 Å². The van der Waals surface area contributed by atoms with Gasteiger partial charge in [0.1, 0.15) is 17.5 Å². The molecule has 0 atom stereocenters. The fraction of sp³-hybridized carbons (Fsp3) is 0.143. The zero-order valence-corrected chi connectivity index (χ0v) is 23.0. The van der Waals surface area contributed by atoms with Crippen molar-refractivity contribution in [3.05, 3.63) is 106 Å². The fourth-order valence-electron chi connectivity index (χ4n) is 3.85. The van der Waals surface area contributed by atoms with Crippen LogP contribution < -0.4 is 15.8 Å². The van der Waals surface area contributed by atoms with E-state index in [2.05, 4.69) is 21.8 Å². The van der Waals surface area contributed by atoms with Crippen LogP contribution in [0.1, 0.15) is 44.0 Å². The maximum Gasteiger partial charge on any atom is 0.251 e. The van der Waals surface area contributed by atoms with Crippen LogP contribution in [-0.4, -0.2) is 43.0 Å². The van der Waals surface area contributed by atoms with Crippen molar-refractivity contribution in [2.45, 2.75) is 18.2 Å². The Balaban J connectivity index is 1.49. The predicted octanol–water partition coefficient (Wildman–Crippen LogP) is 3.82. The highest BCUT2D eigenvalue weighted by atomic mass is 35.5. The van der Waals surface area contributed by atoms with E-state index < -0.39 is 10.0 Å². The normalized spacial score (nSPS) is 11.1. The molecule has 204 valence electrons. The average Bonchev–Trinajstić information content (AvgIpc) is 3.31. The molecule has 0 aliphatic carbocycles. The minimum Gasteiger partial charge on any atom is -0.369 e. The Morgan fingerprint density at radius 1 is 0.975 bits per heavy atom. The number of nitriles is 1. The summed E-state index contributed by atoms with van der Waals surface area (Å²) in [5, 5.41) is 26.0. The van der Waals surface area contributed by atoms with Crippen molar-refractivity contribution in [2.24, 2.45) is 5.14 Å². The third kappa shape index (κ3) is 6.55. The molecule has 0 aliphatic rings. The standard InChI is InChI=1S/C28H25ClN6O4S/c1-18-3-5-19(6-4-18)26(36)25-24(17-30)27(35(34-25)22-11-9-21(29)10-12-22)32-15-2-16-33-28(37)20-7-13-23(14-8-20)40(31,38)39/h3-14,32H,2,15-16H2,1H3,(H,33,37)(H2,31,38,39). The van der Waals surface area contributed by atoms with Crippen LogP contribution in [0, 0.1) is 18.3 Å². The van der Waals surface area contributed by atoms with Gasteiger partial charge >= 0.3 is 0 Å². The van der Waals surface area contributed by atoms with Gasteiger partial charge in [-0.05, 0) is 61.9 Å². The first-order valence-corrected chi connectivity index (χ1v) is 14.1. The molecule has 40 heavy (non-hydrogen) atoms. The van der Waals surface area contributed by atoms with Crippen LogP contribution in [0.5, 0.6) is 0 Å². The lowest BCUT2D eigenvalue weighted by atomic mass is 10.0. The highest BCUT2D eigenvalue weighted by molar-refractivity contribution is 7.89. The molecule has 0 saturated heterocycles. The summed E-state index contributed by atoms with van der Waals surface area (Å²) in [5.41, 5.74) is 2.40. The molecule has 1 heterocycles. The van der Waals surface area contributed by atoms with Crippen LogP contribution in [0.2, 0.25) is 5.02 Å². The van der Waals surface area contributed by atoms with Crippen LogP contribution in [0.4, 0.5) is 5.82 Å². The Morgan fingerprint density at radius 3 is 2.20 bits per heavy atom. The summed E-state index contributed by atoms with van der Waals surface area (Å²) < 4.78 is 24.3. The van der Waals surface area contributed by atoms with E-state index in [1.54, 1.807) is 36.4 Å². The van der Waals surface area contributed by atoms with Crippen LogP contribution in [0.15, 0.2) is 77.7 Å². The molecule has 3 aromatic carbocycles. The van der Waals surface area contributed by atoms with E-state index in [1.807, 2.05) is 19.1 Å². The highest BCUT2D eigenvalue weighted by Gasteiger charge is 2.25. The molecule has 0 fully saturated rings. The van der Waals surface area contributed by atoms with Gasteiger partial charge in [0.25, 0.3) is 5.91 Å². The highest BCUT2D eigenvalue weighted by Crippen LogP contribution is 2.26.